The first-order valence-electron chi connectivity index (χ1n) is 5.99. The van der Waals surface area contributed by atoms with Gasteiger partial charge in [0.05, 0.1) is 24.0 Å². The predicted molar refractivity (Wildman–Crippen MR) is 68.5 cm³/mol. The number of carbonyl (C=O) groups is 1. The highest BCUT2D eigenvalue weighted by Crippen LogP contribution is 2.31. The maximum atomic E-state index is 12.0. The zero-order chi connectivity index (χ0) is 13.2. The summed E-state index contributed by atoms with van der Waals surface area (Å²) in [6, 6.07) is 5.05. The van der Waals surface area contributed by atoms with Crippen molar-refractivity contribution < 1.29 is 14.6 Å². The topological polar surface area (TPSA) is 84.6 Å². The molecule has 1 aliphatic carbocycles. The molecule has 1 amide bonds. The third-order valence-electron chi connectivity index (χ3n) is 3.39. The van der Waals surface area contributed by atoms with Crippen molar-refractivity contribution in [3.8, 4) is 5.75 Å². The predicted octanol–water partition coefficient (Wildman–Crippen LogP) is 0.922. The summed E-state index contributed by atoms with van der Waals surface area (Å²) >= 11 is 0. The summed E-state index contributed by atoms with van der Waals surface area (Å²) in [6.07, 6.45) is 2.48. The number of rotatable bonds is 4. The molecule has 1 saturated carbocycles. The van der Waals surface area contributed by atoms with Gasteiger partial charge >= 0.3 is 0 Å². The molecule has 98 valence electrons. The molecule has 0 bridgehead atoms. The summed E-state index contributed by atoms with van der Waals surface area (Å²) in [5.41, 5.74) is 5.79. The third kappa shape index (κ3) is 2.41. The van der Waals surface area contributed by atoms with Crippen LogP contribution in [0.1, 0.15) is 29.6 Å². The normalized spacial score (nSPS) is 16.8. The largest absolute Gasteiger partial charge is 0.495 e. The summed E-state index contributed by atoms with van der Waals surface area (Å²) in [4.78, 5) is 12.0. The van der Waals surface area contributed by atoms with Crippen molar-refractivity contribution in [1.29, 1.82) is 0 Å². The molecular formula is C13H18N2O3. The minimum atomic E-state index is -0.733. The highest BCUT2D eigenvalue weighted by Gasteiger charge is 2.34. The van der Waals surface area contributed by atoms with Crippen molar-refractivity contribution in [2.45, 2.75) is 24.9 Å². The van der Waals surface area contributed by atoms with Gasteiger partial charge < -0.3 is 20.9 Å². The van der Waals surface area contributed by atoms with Crippen molar-refractivity contribution in [3.63, 3.8) is 0 Å². The number of aliphatic hydroxyl groups is 1. The van der Waals surface area contributed by atoms with Crippen molar-refractivity contribution in [3.05, 3.63) is 23.8 Å². The number of ether oxygens (including phenoxy) is 1. The Morgan fingerprint density at radius 1 is 1.56 bits per heavy atom. The van der Waals surface area contributed by atoms with Crippen LogP contribution in [0.25, 0.3) is 0 Å². The fourth-order valence-corrected chi connectivity index (χ4v) is 2.02. The zero-order valence-electron chi connectivity index (χ0n) is 10.4. The average molecular weight is 250 g/mol. The van der Waals surface area contributed by atoms with Crippen LogP contribution in [-0.4, -0.2) is 30.3 Å². The minimum Gasteiger partial charge on any atom is -0.495 e. The van der Waals surface area contributed by atoms with Crippen molar-refractivity contribution in [1.82, 2.24) is 5.32 Å². The van der Waals surface area contributed by atoms with Crippen LogP contribution < -0.4 is 15.8 Å². The quantitative estimate of drug-likeness (QED) is 0.694. The second kappa shape index (κ2) is 4.86. The summed E-state index contributed by atoms with van der Waals surface area (Å²) in [7, 11) is 1.50. The molecule has 1 aromatic rings. The van der Waals surface area contributed by atoms with E-state index in [9.17, 15) is 9.90 Å². The lowest BCUT2D eigenvalue weighted by atomic mass is 9.80. The molecule has 5 heteroatoms. The lowest BCUT2D eigenvalue weighted by Crippen LogP contribution is -2.47. The zero-order valence-corrected chi connectivity index (χ0v) is 10.4. The molecule has 0 saturated heterocycles. The lowest BCUT2D eigenvalue weighted by molar-refractivity contribution is -0.0300. The molecule has 18 heavy (non-hydrogen) atoms. The first kappa shape index (κ1) is 12.7. The summed E-state index contributed by atoms with van der Waals surface area (Å²) in [5, 5.41) is 12.6. The molecule has 2 rings (SSSR count). The van der Waals surface area contributed by atoms with Gasteiger partial charge in [-0.25, -0.2) is 0 Å². The number of hydrogen-bond donors (Lipinski definition) is 3. The molecular weight excluding hydrogens is 232 g/mol. The van der Waals surface area contributed by atoms with Crippen LogP contribution in [-0.2, 0) is 0 Å². The van der Waals surface area contributed by atoms with Crippen molar-refractivity contribution in [2.75, 3.05) is 19.4 Å². The van der Waals surface area contributed by atoms with Crippen LogP contribution in [0.15, 0.2) is 18.2 Å². The molecule has 1 aromatic carbocycles. The Morgan fingerprint density at radius 2 is 2.28 bits per heavy atom. The first-order valence-corrected chi connectivity index (χ1v) is 5.99. The molecule has 1 fully saturated rings. The molecule has 0 aliphatic heterocycles. The van der Waals surface area contributed by atoms with E-state index in [2.05, 4.69) is 5.32 Å². The molecule has 0 aromatic heterocycles. The number of benzene rings is 1. The van der Waals surface area contributed by atoms with E-state index in [0.717, 1.165) is 19.3 Å². The van der Waals surface area contributed by atoms with Crippen LogP contribution in [0.2, 0.25) is 0 Å². The molecule has 0 heterocycles. The number of carbonyl (C=O) groups excluding carboxylic acids is 1. The van der Waals surface area contributed by atoms with Crippen LogP contribution in [0.5, 0.6) is 5.75 Å². The van der Waals surface area contributed by atoms with E-state index < -0.39 is 5.60 Å². The molecule has 0 atom stereocenters. The number of anilines is 1. The molecule has 0 radical (unpaired) electrons. The number of amides is 1. The molecule has 4 N–H and O–H groups in total. The van der Waals surface area contributed by atoms with Gasteiger partial charge in [0, 0.05) is 6.54 Å². The maximum absolute atomic E-state index is 12.0. The number of para-hydroxylation sites is 1. The van der Waals surface area contributed by atoms with E-state index in [0.29, 0.717) is 17.0 Å². The minimum absolute atomic E-state index is 0.266. The van der Waals surface area contributed by atoms with Gasteiger partial charge in [0.15, 0.2) is 0 Å². The highest BCUT2D eigenvalue weighted by molar-refractivity contribution is 6.00. The number of nitrogens with two attached hydrogens (primary N) is 1. The summed E-state index contributed by atoms with van der Waals surface area (Å²) in [5.74, 6) is 0.191. The van der Waals surface area contributed by atoms with Gasteiger partial charge in [-0.15, -0.1) is 0 Å². The summed E-state index contributed by atoms with van der Waals surface area (Å²) in [6.45, 7) is 0.266. The Bertz CT molecular complexity index is 456. The first-order chi connectivity index (χ1) is 8.56. The Labute approximate surface area is 106 Å². The van der Waals surface area contributed by atoms with Crippen molar-refractivity contribution in [2.24, 2.45) is 0 Å². The SMILES string of the molecule is COc1cccc(C(=O)NCC2(O)CCC2)c1N. The Balaban J connectivity index is 2.04. The van der Waals surface area contributed by atoms with Gasteiger partial charge in [-0.3, -0.25) is 4.79 Å². The summed E-state index contributed by atoms with van der Waals surface area (Å²) < 4.78 is 5.06. The van der Waals surface area contributed by atoms with E-state index in [4.69, 9.17) is 10.5 Å². The fourth-order valence-electron chi connectivity index (χ4n) is 2.02. The second-order valence-corrected chi connectivity index (χ2v) is 4.68. The Kier molecular flexibility index (Phi) is 3.43. The smallest absolute Gasteiger partial charge is 0.253 e. The monoisotopic (exact) mass is 250 g/mol. The average Bonchev–Trinajstić information content (AvgIpc) is 2.34. The van der Waals surface area contributed by atoms with E-state index in [1.54, 1.807) is 18.2 Å². The van der Waals surface area contributed by atoms with Crippen LogP contribution in [0.3, 0.4) is 0 Å². The molecule has 0 spiro atoms. The van der Waals surface area contributed by atoms with Crippen molar-refractivity contribution >= 4 is 11.6 Å². The molecule has 0 unspecified atom stereocenters. The third-order valence-corrected chi connectivity index (χ3v) is 3.39. The number of hydrogen-bond acceptors (Lipinski definition) is 4. The van der Waals surface area contributed by atoms with Gasteiger partial charge in [-0.05, 0) is 31.4 Å². The maximum Gasteiger partial charge on any atom is 0.253 e. The van der Waals surface area contributed by atoms with E-state index in [1.165, 1.54) is 7.11 Å². The van der Waals surface area contributed by atoms with Gasteiger partial charge in [-0.2, -0.15) is 0 Å². The molecule has 1 aliphatic rings. The number of nitrogen functional groups attached to an aromatic ring is 1. The van der Waals surface area contributed by atoms with Crippen LogP contribution >= 0.6 is 0 Å². The highest BCUT2D eigenvalue weighted by atomic mass is 16.5. The van der Waals surface area contributed by atoms with Gasteiger partial charge in [0.2, 0.25) is 0 Å². The van der Waals surface area contributed by atoms with Gasteiger partial charge in [0.1, 0.15) is 5.75 Å². The number of methoxy groups -OCH3 is 1. The second-order valence-electron chi connectivity index (χ2n) is 4.68. The van der Waals surface area contributed by atoms with E-state index in [-0.39, 0.29) is 12.5 Å². The van der Waals surface area contributed by atoms with Crippen LogP contribution in [0, 0.1) is 0 Å². The van der Waals surface area contributed by atoms with Crippen LogP contribution in [0.4, 0.5) is 5.69 Å². The standard InChI is InChI=1S/C13H18N2O3/c1-18-10-5-2-4-9(11(10)14)12(16)15-8-13(17)6-3-7-13/h2,4-5,17H,3,6-8,14H2,1H3,(H,15,16). The van der Waals surface area contributed by atoms with E-state index in [1.807, 2.05) is 0 Å². The van der Waals surface area contributed by atoms with E-state index >= 15 is 0 Å². The Hall–Kier alpha value is -1.75. The Morgan fingerprint density at radius 3 is 2.83 bits per heavy atom. The fraction of sp³-hybridized carbons (Fsp3) is 0.462. The lowest BCUT2D eigenvalue weighted by Gasteiger charge is -2.36. The van der Waals surface area contributed by atoms with Gasteiger partial charge in [0.25, 0.3) is 5.91 Å². The molecule has 5 nitrogen and oxygen atoms in total. The number of nitrogens with one attached hydrogen (secondary N) is 1. The van der Waals surface area contributed by atoms with Gasteiger partial charge in [-0.1, -0.05) is 6.07 Å².